The summed E-state index contributed by atoms with van der Waals surface area (Å²) >= 11 is 12.9. The molecule has 0 spiro atoms. The van der Waals surface area contributed by atoms with Crippen LogP contribution in [0, 0.1) is 0 Å². The molecule has 0 fully saturated rings. The average molecular weight is 452 g/mol. The number of anilines is 1. The highest BCUT2D eigenvalue weighted by molar-refractivity contribution is 7.21. The third-order valence-electron chi connectivity index (χ3n) is 3.73. The Balaban J connectivity index is 1.93. The number of alkyl halides is 3. The molecule has 0 radical (unpaired) electrons. The average Bonchev–Trinajstić information content (AvgIpc) is 3.10. The van der Waals surface area contributed by atoms with Gasteiger partial charge in [-0.1, -0.05) is 23.2 Å². The largest absolute Gasteiger partial charge is 0.465 e. The molecule has 0 atom stereocenters. The van der Waals surface area contributed by atoms with Gasteiger partial charge in [0.2, 0.25) is 0 Å². The fourth-order valence-corrected chi connectivity index (χ4v) is 4.33. The predicted octanol–water partition coefficient (Wildman–Crippen LogP) is 5.00. The quantitative estimate of drug-likeness (QED) is 0.568. The van der Waals surface area contributed by atoms with Crippen LogP contribution in [0.15, 0.2) is 18.2 Å². The van der Waals surface area contributed by atoms with Gasteiger partial charge in [-0.25, -0.2) is 4.79 Å². The molecular weight excluding hydrogens is 442 g/mol. The number of hydrogen-bond acceptors (Lipinski definition) is 5. The van der Waals surface area contributed by atoms with Crippen molar-refractivity contribution in [1.29, 1.82) is 0 Å². The molecule has 12 heteroatoms. The Kier molecular flexibility index (Phi) is 5.30. The number of aromatic nitrogens is 2. The minimum absolute atomic E-state index is 0.199. The number of aryl methyl sites for hydroxylation is 1. The van der Waals surface area contributed by atoms with Crippen molar-refractivity contribution < 1.29 is 27.5 Å². The molecule has 1 aromatic carbocycles. The fourth-order valence-electron chi connectivity index (χ4n) is 2.51. The molecule has 1 amide bonds. The molecule has 28 heavy (non-hydrogen) atoms. The number of ether oxygens (including phenoxy) is 1. The molecule has 0 aliphatic heterocycles. The van der Waals surface area contributed by atoms with E-state index in [1.807, 2.05) is 0 Å². The van der Waals surface area contributed by atoms with Crippen LogP contribution in [0.5, 0.6) is 0 Å². The van der Waals surface area contributed by atoms with E-state index >= 15 is 0 Å². The fraction of sp³-hybridized carbons (Fsp3) is 0.188. The monoisotopic (exact) mass is 451 g/mol. The molecule has 2 heterocycles. The van der Waals surface area contributed by atoms with E-state index in [2.05, 4.69) is 15.2 Å². The van der Waals surface area contributed by atoms with Crippen molar-refractivity contribution >= 4 is 62.2 Å². The summed E-state index contributed by atoms with van der Waals surface area (Å²) in [6.07, 6.45) is -4.76. The Morgan fingerprint density at radius 1 is 1.25 bits per heavy atom. The van der Waals surface area contributed by atoms with Crippen LogP contribution in [-0.4, -0.2) is 28.8 Å². The standard InChI is InChI=1S/C16H10Cl2F3N3O3S/c1-24-13(16(19,20)21)10(18)11(23-24)14(25)22-6-3-4-7-8(5-6)28-12(9(7)17)15(26)27-2/h3-5H,1-2H3,(H,22,25). The number of hydrogen-bond donors (Lipinski definition) is 1. The van der Waals surface area contributed by atoms with Crippen LogP contribution >= 0.6 is 34.5 Å². The van der Waals surface area contributed by atoms with Gasteiger partial charge < -0.3 is 10.1 Å². The second-order valence-corrected chi connectivity index (χ2v) is 7.34. The Bertz CT molecular complexity index is 1110. The molecule has 0 bridgehead atoms. The van der Waals surface area contributed by atoms with E-state index in [9.17, 15) is 22.8 Å². The maximum atomic E-state index is 13.0. The predicted molar refractivity (Wildman–Crippen MR) is 99.3 cm³/mol. The minimum Gasteiger partial charge on any atom is -0.465 e. The molecule has 1 N–H and O–H groups in total. The van der Waals surface area contributed by atoms with Crippen molar-refractivity contribution in [3.63, 3.8) is 0 Å². The molecule has 148 valence electrons. The van der Waals surface area contributed by atoms with Crippen LogP contribution in [0.1, 0.15) is 25.9 Å². The van der Waals surface area contributed by atoms with Crippen LogP contribution in [-0.2, 0) is 18.0 Å². The molecule has 0 saturated heterocycles. The summed E-state index contributed by atoms with van der Waals surface area (Å²) in [5, 5.41) is 5.99. The Morgan fingerprint density at radius 2 is 1.93 bits per heavy atom. The molecule has 0 aliphatic rings. The van der Waals surface area contributed by atoms with Crippen molar-refractivity contribution in [2.24, 2.45) is 7.05 Å². The van der Waals surface area contributed by atoms with Crippen molar-refractivity contribution in [3.8, 4) is 0 Å². The van der Waals surface area contributed by atoms with Crippen LogP contribution < -0.4 is 5.32 Å². The van der Waals surface area contributed by atoms with Gasteiger partial charge in [0.15, 0.2) is 11.4 Å². The van der Waals surface area contributed by atoms with E-state index < -0.39 is 34.5 Å². The SMILES string of the molecule is COC(=O)c1sc2cc(NC(=O)c3nn(C)c(C(F)(F)F)c3Cl)ccc2c1Cl. The van der Waals surface area contributed by atoms with Crippen LogP contribution in [0.4, 0.5) is 18.9 Å². The highest BCUT2D eigenvalue weighted by Gasteiger charge is 2.40. The third-order valence-corrected chi connectivity index (χ3v) is 5.73. The summed E-state index contributed by atoms with van der Waals surface area (Å²) in [5.74, 6) is -1.51. The summed E-state index contributed by atoms with van der Waals surface area (Å²) < 4.78 is 44.7. The van der Waals surface area contributed by atoms with Crippen molar-refractivity contribution in [1.82, 2.24) is 9.78 Å². The first-order valence-electron chi connectivity index (χ1n) is 7.46. The van der Waals surface area contributed by atoms with Gasteiger partial charge in [0.05, 0.1) is 12.1 Å². The summed E-state index contributed by atoms with van der Waals surface area (Å²) in [5.41, 5.74) is -1.51. The molecule has 3 aromatic rings. The van der Waals surface area contributed by atoms with Crippen molar-refractivity contribution in [3.05, 3.63) is 44.5 Å². The van der Waals surface area contributed by atoms with Gasteiger partial charge in [0.1, 0.15) is 9.90 Å². The molecular formula is C16H10Cl2F3N3O3S. The topological polar surface area (TPSA) is 73.2 Å². The van der Waals surface area contributed by atoms with Gasteiger partial charge >= 0.3 is 12.1 Å². The van der Waals surface area contributed by atoms with Crippen molar-refractivity contribution in [2.75, 3.05) is 12.4 Å². The maximum Gasteiger partial charge on any atom is 0.434 e. The Labute approximate surface area is 169 Å². The van der Waals surface area contributed by atoms with E-state index in [1.165, 1.54) is 19.2 Å². The first-order valence-corrected chi connectivity index (χ1v) is 9.03. The lowest BCUT2D eigenvalue weighted by atomic mass is 10.2. The number of carbonyl (C=O) groups is 2. The van der Waals surface area contributed by atoms with E-state index in [0.717, 1.165) is 18.4 Å². The summed E-state index contributed by atoms with van der Waals surface area (Å²) in [4.78, 5) is 24.3. The smallest absolute Gasteiger partial charge is 0.434 e. The highest BCUT2D eigenvalue weighted by Crippen LogP contribution is 2.38. The van der Waals surface area contributed by atoms with Gasteiger partial charge in [-0.15, -0.1) is 11.3 Å². The van der Waals surface area contributed by atoms with Gasteiger partial charge in [-0.2, -0.15) is 18.3 Å². The lowest BCUT2D eigenvalue weighted by Gasteiger charge is -2.06. The Morgan fingerprint density at radius 3 is 2.50 bits per heavy atom. The molecule has 6 nitrogen and oxygen atoms in total. The van der Waals surface area contributed by atoms with Crippen LogP contribution in [0.25, 0.3) is 10.1 Å². The third kappa shape index (κ3) is 3.54. The number of benzene rings is 1. The zero-order valence-corrected chi connectivity index (χ0v) is 16.5. The second kappa shape index (κ2) is 7.26. The maximum absolute atomic E-state index is 13.0. The summed E-state index contributed by atoms with van der Waals surface area (Å²) in [7, 11) is 2.26. The first-order chi connectivity index (χ1) is 13.0. The summed E-state index contributed by atoms with van der Waals surface area (Å²) in [6, 6.07) is 4.58. The normalized spacial score (nSPS) is 11.7. The molecule has 0 aliphatic carbocycles. The highest BCUT2D eigenvalue weighted by atomic mass is 35.5. The van der Waals surface area contributed by atoms with Gasteiger partial charge in [0, 0.05) is 22.8 Å². The van der Waals surface area contributed by atoms with E-state index in [4.69, 9.17) is 23.2 Å². The van der Waals surface area contributed by atoms with Crippen molar-refractivity contribution in [2.45, 2.75) is 6.18 Å². The lowest BCUT2D eigenvalue weighted by Crippen LogP contribution is -2.13. The van der Waals surface area contributed by atoms with E-state index in [1.54, 1.807) is 6.07 Å². The number of methoxy groups -OCH3 is 1. The van der Waals surface area contributed by atoms with Crippen LogP contribution in [0.2, 0.25) is 10.0 Å². The molecule has 0 unspecified atom stereocenters. The van der Waals surface area contributed by atoms with Gasteiger partial charge in [-0.05, 0) is 18.2 Å². The van der Waals surface area contributed by atoms with E-state index in [-0.39, 0.29) is 15.6 Å². The molecule has 0 saturated carbocycles. The number of fused-ring (bicyclic) bond motifs is 1. The number of nitrogens with zero attached hydrogens (tertiary/aromatic N) is 2. The number of amides is 1. The lowest BCUT2D eigenvalue weighted by molar-refractivity contribution is -0.143. The number of carbonyl (C=O) groups excluding carboxylic acids is 2. The van der Waals surface area contributed by atoms with Gasteiger partial charge in [-0.3, -0.25) is 9.48 Å². The number of esters is 1. The zero-order chi connectivity index (χ0) is 20.8. The zero-order valence-electron chi connectivity index (χ0n) is 14.1. The summed E-state index contributed by atoms with van der Waals surface area (Å²) in [6.45, 7) is 0. The number of nitrogens with one attached hydrogen (secondary N) is 1. The van der Waals surface area contributed by atoms with E-state index in [0.29, 0.717) is 14.8 Å². The Hall–Kier alpha value is -2.30. The molecule has 3 rings (SSSR count). The number of rotatable bonds is 3. The first kappa shape index (κ1) is 20.4. The number of thiophene rings is 1. The minimum atomic E-state index is -4.76. The molecule has 2 aromatic heterocycles. The number of halogens is 5. The van der Waals surface area contributed by atoms with Crippen LogP contribution in [0.3, 0.4) is 0 Å². The van der Waals surface area contributed by atoms with Gasteiger partial charge in [0.25, 0.3) is 5.91 Å². The second-order valence-electron chi connectivity index (χ2n) is 5.53.